The Hall–Kier alpha value is -0.480. The summed E-state index contributed by atoms with van der Waals surface area (Å²) in [6.07, 6.45) is 13.0. The number of aryl methyl sites for hydroxylation is 1. The molecule has 18 heavy (non-hydrogen) atoms. The average molecular weight is 267 g/mol. The predicted octanol–water partition coefficient (Wildman–Crippen LogP) is 3.14. The van der Waals surface area contributed by atoms with Gasteiger partial charge in [0.05, 0.1) is 6.04 Å². The molecule has 1 aliphatic rings. The Morgan fingerprint density at radius 2 is 2.17 bits per heavy atom. The fourth-order valence-electron chi connectivity index (χ4n) is 2.87. The Morgan fingerprint density at radius 1 is 1.44 bits per heavy atom. The van der Waals surface area contributed by atoms with Crippen LogP contribution in [0.2, 0.25) is 0 Å². The van der Waals surface area contributed by atoms with Gasteiger partial charge in [0.2, 0.25) is 0 Å². The van der Waals surface area contributed by atoms with E-state index in [1.54, 1.807) is 0 Å². The van der Waals surface area contributed by atoms with Gasteiger partial charge in [-0.1, -0.05) is 19.3 Å². The van der Waals surface area contributed by atoms with Crippen LogP contribution in [0.1, 0.15) is 50.9 Å². The van der Waals surface area contributed by atoms with Crippen molar-refractivity contribution in [1.29, 1.82) is 0 Å². The third-order valence-corrected chi connectivity index (χ3v) is 5.59. The van der Waals surface area contributed by atoms with Crippen molar-refractivity contribution >= 4 is 11.8 Å². The molecule has 0 aliphatic heterocycles. The van der Waals surface area contributed by atoms with Crippen LogP contribution in [-0.4, -0.2) is 27.1 Å². The monoisotopic (exact) mass is 267 g/mol. The first-order chi connectivity index (χ1) is 8.67. The molecule has 1 aromatic rings. The molecule has 0 spiro atoms. The number of thioether (sulfide) groups is 1. The molecule has 1 saturated carbocycles. The zero-order valence-electron chi connectivity index (χ0n) is 11.8. The molecule has 0 bridgehead atoms. The summed E-state index contributed by atoms with van der Waals surface area (Å²) in [7, 11) is 2.06. The van der Waals surface area contributed by atoms with E-state index in [1.165, 1.54) is 32.1 Å². The van der Waals surface area contributed by atoms with E-state index in [1.807, 2.05) is 24.2 Å². The standard InChI is InChI=1S/C14H25N3S/c1-12(13-15-9-10-17(13)2)16-11-14(18-3)7-5-4-6-8-14/h9-10,12,16H,4-8,11H2,1-3H3. The van der Waals surface area contributed by atoms with Crippen LogP contribution in [-0.2, 0) is 7.05 Å². The van der Waals surface area contributed by atoms with Gasteiger partial charge in [-0.2, -0.15) is 11.8 Å². The maximum Gasteiger partial charge on any atom is 0.125 e. The number of rotatable bonds is 5. The fourth-order valence-corrected chi connectivity index (χ4v) is 3.80. The second kappa shape index (κ2) is 6.11. The van der Waals surface area contributed by atoms with E-state index in [-0.39, 0.29) is 0 Å². The second-order valence-electron chi connectivity index (χ2n) is 5.45. The highest BCUT2D eigenvalue weighted by Crippen LogP contribution is 2.38. The van der Waals surface area contributed by atoms with Gasteiger partial charge in [0, 0.05) is 30.7 Å². The van der Waals surface area contributed by atoms with Gasteiger partial charge in [-0.05, 0) is 26.0 Å². The highest BCUT2D eigenvalue weighted by molar-refractivity contribution is 8.00. The Balaban J connectivity index is 1.92. The molecular weight excluding hydrogens is 242 g/mol. The first-order valence-electron chi connectivity index (χ1n) is 6.93. The van der Waals surface area contributed by atoms with Gasteiger partial charge in [-0.15, -0.1) is 0 Å². The molecule has 2 rings (SSSR count). The molecular formula is C14H25N3S. The number of hydrogen-bond acceptors (Lipinski definition) is 3. The fraction of sp³-hybridized carbons (Fsp3) is 0.786. The second-order valence-corrected chi connectivity index (χ2v) is 6.72. The maximum atomic E-state index is 4.42. The number of aromatic nitrogens is 2. The molecule has 0 amide bonds. The average Bonchev–Trinajstić information content (AvgIpc) is 2.83. The van der Waals surface area contributed by atoms with E-state index < -0.39 is 0 Å². The first-order valence-corrected chi connectivity index (χ1v) is 8.15. The van der Waals surface area contributed by atoms with Crippen molar-refractivity contribution in [2.75, 3.05) is 12.8 Å². The summed E-state index contributed by atoms with van der Waals surface area (Å²) in [6, 6.07) is 0.330. The molecule has 1 heterocycles. The van der Waals surface area contributed by atoms with Crippen molar-refractivity contribution in [3.8, 4) is 0 Å². The Kier molecular flexibility index (Phi) is 4.73. The molecule has 1 N–H and O–H groups in total. The van der Waals surface area contributed by atoms with Gasteiger partial charge in [0.15, 0.2) is 0 Å². The molecule has 3 nitrogen and oxygen atoms in total. The molecule has 0 aromatic carbocycles. The van der Waals surface area contributed by atoms with E-state index in [9.17, 15) is 0 Å². The summed E-state index contributed by atoms with van der Waals surface area (Å²) in [6.45, 7) is 3.31. The van der Waals surface area contributed by atoms with Crippen LogP contribution < -0.4 is 5.32 Å². The summed E-state index contributed by atoms with van der Waals surface area (Å²) in [5.41, 5.74) is 0. The summed E-state index contributed by atoms with van der Waals surface area (Å²) < 4.78 is 2.56. The van der Waals surface area contributed by atoms with Gasteiger partial charge >= 0.3 is 0 Å². The largest absolute Gasteiger partial charge is 0.337 e. The van der Waals surface area contributed by atoms with Crippen LogP contribution in [0, 0.1) is 0 Å². The molecule has 1 unspecified atom stereocenters. The number of nitrogens with zero attached hydrogens (tertiary/aromatic N) is 2. The van der Waals surface area contributed by atoms with E-state index in [0.717, 1.165) is 12.4 Å². The number of imidazole rings is 1. The van der Waals surface area contributed by atoms with Crippen molar-refractivity contribution in [3.63, 3.8) is 0 Å². The van der Waals surface area contributed by atoms with Crippen LogP contribution in [0.15, 0.2) is 12.4 Å². The minimum absolute atomic E-state index is 0.330. The van der Waals surface area contributed by atoms with E-state index in [0.29, 0.717) is 10.8 Å². The Labute approximate surface area is 115 Å². The van der Waals surface area contributed by atoms with Crippen molar-refractivity contribution in [2.24, 2.45) is 7.05 Å². The Morgan fingerprint density at radius 3 is 2.72 bits per heavy atom. The molecule has 1 fully saturated rings. The van der Waals surface area contributed by atoms with Crippen molar-refractivity contribution in [3.05, 3.63) is 18.2 Å². The SMILES string of the molecule is CSC1(CNC(C)c2nccn2C)CCCCC1. The third kappa shape index (κ3) is 3.09. The van der Waals surface area contributed by atoms with Crippen molar-refractivity contribution < 1.29 is 0 Å². The van der Waals surface area contributed by atoms with Crippen LogP contribution in [0.3, 0.4) is 0 Å². The molecule has 4 heteroatoms. The maximum absolute atomic E-state index is 4.42. The van der Waals surface area contributed by atoms with E-state index >= 15 is 0 Å². The molecule has 1 aliphatic carbocycles. The predicted molar refractivity (Wildman–Crippen MR) is 79.0 cm³/mol. The lowest BCUT2D eigenvalue weighted by Crippen LogP contribution is -2.40. The van der Waals surface area contributed by atoms with Gasteiger partial charge in [-0.3, -0.25) is 0 Å². The number of nitrogens with one attached hydrogen (secondary N) is 1. The minimum Gasteiger partial charge on any atom is -0.337 e. The van der Waals surface area contributed by atoms with Crippen LogP contribution in [0.5, 0.6) is 0 Å². The van der Waals surface area contributed by atoms with E-state index in [2.05, 4.69) is 35.1 Å². The van der Waals surface area contributed by atoms with Crippen LogP contribution in [0.4, 0.5) is 0 Å². The Bertz CT molecular complexity index is 369. The summed E-state index contributed by atoms with van der Waals surface area (Å²) >= 11 is 2.05. The van der Waals surface area contributed by atoms with Gasteiger partial charge in [-0.25, -0.2) is 4.98 Å². The van der Waals surface area contributed by atoms with Gasteiger partial charge in [0.1, 0.15) is 5.82 Å². The van der Waals surface area contributed by atoms with Crippen LogP contribution >= 0.6 is 11.8 Å². The topological polar surface area (TPSA) is 29.9 Å². The van der Waals surface area contributed by atoms with E-state index in [4.69, 9.17) is 0 Å². The lowest BCUT2D eigenvalue weighted by atomic mass is 9.88. The smallest absolute Gasteiger partial charge is 0.125 e. The lowest BCUT2D eigenvalue weighted by Gasteiger charge is -2.36. The zero-order chi connectivity index (χ0) is 13.0. The highest BCUT2D eigenvalue weighted by Gasteiger charge is 2.31. The van der Waals surface area contributed by atoms with Gasteiger partial charge < -0.3 is 9.88 Å². The molecule has 0 saturated heterocycles. The van der Waals surface area contributed by atoms with Crippen molar-refractivity contribution in [2.45, 2.75) is 49.8 Å². The molecule has 1 aromatic heterocycles. The first kappa shape index (κ1) is 13.9. The molecule has 0 radical (unpaired) electrons. The minimum atomic E-state index is 0.330. The number of hydrogen-bond donors (Lipinski definition) is 1. The van der Waals surface area contributed by atoms with Crippen molar-refractivity contribution in [1.82, 2.24) is 14.9 Å². The van der Waals surface area contributed by atoms with Gasteiger partial charge in [0.25, 0.3) is 0 Å². The quantitative estimate of drug-likeness (QED) is 0.889. The lowest BCUT2D eigenvalue weighted by molar-refractivity contribution is 0.363. The molecule has 1 atom stereocenters. The van der Waals surface area contributed by atoms with Crippen LogP contribution in [0.25, 0.3) is 0 Å². The third-order valence-electron chi connectivity index (χ3n) is 4.17. The summed E-state index contributed by atoms with van der Waals surface area (Å²) in [5, 5.41) is 3.68. The summed E-state index contributed by atoms with van der Waals surface area (Å²) in [4.78, 5) is 4.42. The molecule has 102 valence electrons. The normalized spacial score (nSPS) is 20.8. The highest BCUT2D eigenvalue weighted by atomic mass is 32.2. The zero-order valence-corrected chi connectivity index (χ0v) is 12.6. The summed E-state index contributed by atoms with van der Waals surface area (Å²) in [5.74, 6) is 1.13.